The number of aliphatic hydroxyl groups is 1. The van der Waals surface area contributed by atoms with Gasteiger partial charge in [-0.25, -0.2) is 0 Å². The number of carbonyl (C=O) groups is 1. The van der Waals surface area contributed by atoms with Gasteiger partial charge >= 0.3 is 5.97 Å². The molecule has 8 heteroatoms. The summed E-state index contributed by atoms with van der Waals surface area (Å²) >= 11 is 0. The summed E-state index contributed by atoms with van der Waals surface area (Å²) in [6, 6.07) is 9.62. The molecule has 2 aliphatic heterocycles. The van der Waals surface area contributed by atoms with Crippen molar-refractivity contribution in [2.24, 2.45) is 0 Å². The highest BCUT2D eigenvalue weighted by atomic mass is 28.4. The Morgan fingerprint density at radius 1 is 1.14 bits per heavy atom. The van der Waals surface area contributed by atoms with Crippen molar-refractivity contribution in [3.05, 3.63) is 35.9 Å². The molecular formula is C21H32O7Si. The molecule has 0 spiro atoms. The largest absolute Gasteiger partial charge is 0.454 e. The van der Waals surface area contributed by atoms with Gasteiger partial charge in [0.15, 0.2) is 27.0 Å². The third-order valence-electron chi connectivity index (χ3n) is 5.91. The van der Waals surface area contributed by atoms with Crippen molar-refractivity contribution < 1.29 is 33.3 Å². The molecule has 162 valence electrons. The molecule has 0 radical (unpaired) electrons. The summed E-state index contributed by atoms with van der Waals surface area (Å²) in [5.41, 5.74) is 0.882. The molecule has 29 heavy (non-hydrogen) atoms. The fourth-order valence-electron chi connectivity index (χ4n) is 3.31. The Bertz CT molecular complexity index is 703. The first kappa shape index (κ1) is 22.4. The molecule has 0 saturated carbocycles. The lowest BCUT2D eigenvalue weighted by Crippen LogP contribution is -2.65. The normalized spacial score (nSPS) is 33.1. The number of aliphatic hydroxyl groups excluding tert-OH is 1. The van der Waals surface area contributed by atoms with Crippen LogP contribution < -0.4 is 0 Å². The van der Waals surface area contributed by atoms with Crippen LogP contribution in [0.4, 0.5) is 0 Å². The van der Waals surface area contributed by atoms with Gasteiger partial charge in [-0.15, -0.1) is 0 Å². The number of hydrogen-bond donors (Lipinski definition) is 1. The molecule has 1 aromatic rings. The molecule has 2 aliphatic rings. The molecule has 0 aromatic heterocycles. The van der Waals surface area contributed by atoms with Gasteiger partial charge in [-0.05, 0) is 18.1 Å². The van der Waals surface area contributed by atoms with Crippen LogP contribution in [0.3, 0.4) is 0 Å². The van der Waals surface area contributed by atoms with E-state index in [1.54, 1.807) is 0 Å². The Morgan fingerprint density at radius 3 is 2.38 bits per heavy atom. The van der Waals surface area contributed by atoms with Gasteiger partial charge in [-0.1, -0.05) is 51.1 Å². The zero-order chi connectivity index (χ0) is 21.4. The predicted molar refractivity (Wildman–Crippen MR) is 109 cm³/mol. The number of hydrogen-bond acceptors (Lipinski definition) is 7. The molecule has 3 rings (SSSR count). The lowest BCUT2D eigenvalue weighted by atomic mass is 9.97. The van der Waals surface area contributed by atoms with E-state index in [0.717, 1.165) is 5.56 Å². The second-order valence-corrected chi connectivity index (χ2v) is 13.9. The fraction of sp³-hybridized carbons (Fsp3) is 0.667. The van der Waals surface area contributed by atoms with Crippen molar-refractivity contribution in [3.8, 4) is 0 Å². The summed E-state index contributed by atoms with van der Waals surface area (Å²) in [4.78, 5) is 11.7. The molecule has 0 bridgehead atoms. The van der Waals surface area contributed by atoms with Gasteiger partial charge in [0.05, 0.1) is 6.61 Å². The Labute approximate surface area is 173 Å². The maximum absolute atomic E-state index is 11.7. The van der Waals surface area contributed by atoms with E-state index < -0.39 is 51.3 Å². The van der Waals surface area contributed by atoms with E-state index in [-0.39, 0.29) is 11.6 Å². The molecule has 1 aromatic carbocycles. The number of carbonyl (C=O) groups excluding carboxylic acids is 1. The van der Waals surface area contributed by atoms with Crippen molar-refractivity contribution in [2.45, 2.75) is 82.8 Å². The first-order valence-electron chi connectivity index (χ1n) is 10.0. The fourth-order valence-corrected chi connectivity index (χ4v) is 4.61. The van der Waals surface area contributed by atoms with E-state index in [2.05, 4.69) is 33.9 Å². The van der Waals surface area contributed by atoms with Gasteiger partial charge in [0.1, 0.15) is 18.3 Å². The number of fused-ring (bicyclic) bond motifs is 1. The van der Waals surface area contributed by atoms with Gasteiger partial charge in [-0.2, -0.15) is 0 Å². The van der Waals surface area contributed by atoms with Crippen molar-refractivity contribution in [3.63, 3.8) is 0 Å². The highest BCUT2D eigenvalue weighted by molar-refractivity contribution is 6.74. The molecular weight excluding hydrogens is 392 g/mol. The van der Waals surface area contributed by atoms with Crippen molar-refractivity contribution in [2.75, 3.05) is 6.61 Å². The third kappa shape index (κ3) is 4.90. The van der Waals surface area contributed by atoms with E-state index in [1.807, 2.05) is 30.3 Å². The van der Waals surface area contributed by atoms with E-state index in [1.165, 1.54) is 6.92 Å². The van der Waals surface area contributed by atoms with Gasteiger partial charge in [0.2, 0.25) is 0 Å². The highest BCUT2D eigenvalue weighted by Gasteiger charge is 2.54. The number of esters is 1. The van der Waals surface area contributed by atoms with Crippen LogP contribution in [-0.2, 0) is 28.2 Å². The third-order valence-corrected chi connectivity index (χ3v) is 10.4. The minimum Gasteiger partial charge on any atom is -0.454 e. The van der Waals surface area contributed by atoms with E-state index in [4.69, 9.17) is 23.4 Å². The Hall–Kier alpha value is -1.29. The summed E-state index contributed by atoms with van der Waals surface area (Å²) in [6.07, 6.45) is -4.60. The lowest BCUT2D eigenvalue weighted by molar-refractivity contribution is -0.353. The summed E-state index contributed by atoms with van der Waals surface area (Å²) in [6.45, 7) is 12.2. The van der Waals surface area contributed by atoms with Crippen LogP contribution in [0.1, 0.15) is 39.5 Å². The van der Waals surface area contributed by atoms with E-state index in [9.17, 15) is 9.90 Å². The zero-order valence-corrected chi connectivity index (χ0v) is 19.0. The molecule has 0 aliphatic carbocycles. The second-order valence-electron chi connectivity index (χ2n) is 9.16. The topological polar surface area (TPSA) is 83.5 Å². The molecule has 2 fully saturated rings. The quantitative estimate of drug-likeness (QED) is 0.587. The minimum absolute atomic E-state index is 0.0729. The Balaban J connectivity index is 1.91. The van der Waals surface area contributed by atoms with Gasteiger partial charge in [0, 0.05) is 12.5 Å². The molecule has 2 heterocycles. The smallest absolute Gasteiger partial charge is 0.303 e. The number of benzene rings is 1. The minimum atomic E-state index is -2.27. The standard InChI is InChI=1S/C21H32O7Si/c1-13(22)25-18-17(28-29(5,6)21(2,3)4)16-15(26-19(18)23)12-24-20(27-16)14-10-8-7-9-11-14/h7-11,15-20,23H,12H2,1-6H3/t15-,16-,17+,18-,19+,20-/m1/s1. The van der Waals surface area contributed by atoms with Gasteiger partial charge < -0.3 is 28.5 Å². The maximum atomic E-state index is 11.7. The van der Waals surface area contributed by atoms with Crippen LogP contribution in [0, 0.1) is 0 Å². The highest BCUT2D eigenvalue weighted by Crippen LogP contribution is 2.42. The SMILES string of the molecule is CC(=O)O[C@@H]1[C@@H](O[Si](C)(C)C(C)(C)C)[C@@H]2O[C@H](c3ccccc3)OC[C@H]2O[C@@H]1O. The van der Waals surface area contributed by atoms with Crippen LogP contribution >= 0.6 is 0 Å². The monoisotopic (exact) mass is 424 g/mol. The van der Waals surface area contributed by atoms with E-state index in [0.29, 0.717) is 0 Å². The molecule has 2 saturated heterocycles. The maximum Gasteiger partial charge on any atom is 0.303 e. The first-order chi connectivity index (χ1) is 13.5. The van der Waals surface area contributed by atoms with Crippen LogP contribution in [0.15, 0.2) is 30.3 Å². The summed E-state index contributed by atoms with van der Waals surface area (Å²) in [5, 5.41) is 10.5. The van der Waals surface area contributed by atoms with Crippen LogP contribution in [0.2, 0.25) is 18.1 Å². The molecule has 6 atom stereocenters. The van der Waals surface area contributed by atoms with Crippen LogP contribution in [-0.4, -0.2) is 56.7 Å². The van der Waals surface area contributed by atoms with Crippen molar-refractivity contribution in [1.29, 1.82) is 0 Å². The van der Waals surface area contributed by atoms with Crippen molar-refractivity contribution >= 4 is 14.3 Å². The van der Waals surface area contributed by atoms with Crippen molar-refractivity contribution in [1.82, 2.24) is 0 Å². The van der Waals surface area contributed by atoms with E-state index >= 15 is 0 Å². The average Bonchev–Trinajstić information content (AvgIpc) is 2.63. The summed E-state index contributed by atoms with van der Waals surface area (Å²) < 4.78 is 29.8. The van der Waals surface area contributed by atoms with Crippen LogP contribution in [0.5, 0.6) is 0 Å². The lowest BCUT2D eigenvalue weighted by Gasteiger charge is -2.50. The summed E-state index contributed by atoms with van der Waals surface area (Å²) in [7, 11) is -2.27. The number of rotatable bonds is 4. The second kappa shape index (κ2) is 8.45. The Morgan fingerprint density at radius 2 is 1.79 bits per heavy atom. The number of ether oxygens (including phenoxy) is 4. The molecule has 0 amide bonds. The van der Waals surface area contributed by atoms with Crippen LogP contribution in [0.25, 0.3) is 0 Å². The molecule has 7 nitrogen and oxygen atoms in total. The molecule has 1 N–H and O–H groups in total. The van der Waals surface area contributed by atoms with Gasteiger partial charge in [0.25, 0.3) is 0 Å². The predicted octanol–water partition coefficient (Wildman–Crippen LogP) is 3.14. The first-order valence-corrected chi connectivity index (χ1v) is 12.9. The average molecular weight is 425 g/mol. The molecule has 0 unspecified atom stereocenters. The summed E-state index contributed by atoms with van der Waals surface area (Å²) in [5.74, 6) is -0.508. The zero-order valence-electron chi connectivity index (χ0n) is 18.0. The Kier molecular flexibility index (Phi) is 6.52. The van der Waals surface area contributed by atoms with Gasteiger partial charge in [-0.3, -0.25) is 4.79 Å².